The molecule has 1 aromatic carbocycles. The highest BCUT2D eigenvalue weighted by Crippen LogP contribution is 2.29. The van der Waals surface area contributed by atoms with E-state index in [1.165, 1.54) is 18.2 Å². The molecule has 0 aliphatic heterocycles. The second-order valence-electron chi connectivity index (χ2n) is 3.59. The predicted octanol–water partition coefficient (Wildman–Crippen LogP) is 3.39. The summed E-state index contributed by atoms with van der Waals surface area (Å²) in [5.74, 6) is -10.6. The molecule has 1 heterocycles. The summed E-state index contributed by atoms with van der Waals surface area (Å²) in [7, 11) is 0. The summed E-state index contributed by atoms with van der Waals surface area (Å²) in [5.41, 5.74) is -1.32. The van der Waals surface area contributed by atoms with Crippen molar-refractivity contribution in [3.63, 3.8) is 0 Å². The SMILES string of the molecule is N#Cc1cccc(Nc2c(F)c(F)c(F)c(F)c2F)n1. The van der Waals surface area contributed by atoms with Crippen LogP contribution in [0.5, 0.6) is 0 Å². The average molecular weight is 285 g/mol. The number of anilines is 2. The van der Waals surface area contributed by atoms with Crippen molar-refractivity contribution < 1.29 is 22.0 Å². The van der Waals surface area contributed by atoms with Gasteiger partial charge in [0, 0.05) is 0 Å². The number of hydrogen-bond donors (Lipinski definition) is 1. The lowest BCUT2D eigenvalue weighted by molar-refractivity contribution is 0.382. The molecule has 8 heteroatoms. The second kappa shape index (κ2) is 5.13. The van der Waals surface area contributed by atoms with Gasteiger partial charge in [0.2, 0.25) is 5.82 Å². The third kappa shape index (κ3) is 2.25. The van der Waals surface area contributed by atoms with E-state index in [2.05, 4.69) is 4.98 Å². The molecule has 20 heavy (non-hydrogen) atoms. The van der Waals surface area contributed by atoms with E-state index in [0.717, 1.165) is 0 Å². The molecule has 0 saturated heterocycles. The van der Waals surface area contributed by atoms with E-state index >= 15 is 0 Å². The number of nitrogens with one attached hydrogen (secondary N) is 1. The second-order valence-corrected chi connectivity index (χ2v) is 3.59. The van der Waals surface area contributed by atoms with Crippen molar-refractivity contribution in [1.82, 2.24) is 4.98 Å². The van der Waals surface area contributed by atoms with Crippen molar-refractivity contribution in [2.45, 2.75) is 0 Å². The van der Waals surface area contributed by atoms with Crippen LogP contribution in [0.25, 0.3) is 0 Å². The van der Waals surface area contributed by atoms with Crippen LogP contribution in [0.4, 0.5) is 33.5 Å². The van der Waals surface area contributed by atoms with Gasteiger partial charge in [-0.25, -0.2) is 26.9 Å². The van der Waals surface area contributed by atoms with Crippen LogP contribution in [0.1, 0.15) is 5.69 Å². The lowest BCUT2D eigenvalue weighted by Crippen LogP contribution is -2.07. The first kappa shape index (κ1) is 13.7. The van der Waals surface area contributed by atoms with Gasteiger partial charge in [-0.2, -0.15) is 5.26 Å². The fourth-order valence-corrected chi connectivity index (χ4v) is 1.41. The normalized spacial score (nSPS) is 10.2. The zero-order valence-electron chi connectivity index (χ0n) is 9.52. The minimum absolute atomic E-state index is 0.0844. The van der Waals surface area contributed by atoms with E-state index in [9.17, 15) is 22.0 Å². The van der Waals surface area contributed by atoms with Gasteiger partial charge in [0.15, 0.2) is 23.3 Å². The Hall–Kier alpha value is -2.69. The lowest BCUT2D eigenvalue weighted by Gasteiger charge is -2.10. The number of nitriles is 1. The van der Waals surface area contributed by atoms with Crippen LogP contribution in [0, 0.1) is 40.4 Å². The van der Waals surface area contributed by atoms with E-state index in [1.54, 1.807) is 6.07 Å². The summed E-state index contributed by atoms with van der Waals surface area (Å²) in [6, 6.07) is 5.52. The van der Waals surface area contributed by atoms with Gasteiger partial charge in [0.25, 0.3) is 0 Å². The highest BCUT2D eigenvalue weighted by Gasteiger charge is 2.26. The number of hydrogen-bond acceptors (Lipinski definition) is 3. The largest absolute Gasteiger partial charge is 0.335 e. The minimum Gasteiger partial charge on any atom is -0.335 e. The fraction of sp³-hybridized carbons (Fsp3) is 0. The number of rotatable bonds is 2. The van der Waals surface area contributed by atoms with E-state index in [-0.39, 0.29) is 11.5 Å². The Kier molecular flexibility index (Phi) is 3.52. The highest BCUT2D eigenvalue weighted by atomic mass is 19.2. The van der Waals surface area contributed by atoms with E-state index in [0.29, 0.717) is 0 Å². The first-order chi connectivity index (χ1) is 9.45. The average Bonchev–Trinajstić information content (AvgIpc) is 2.48. The monoisotopic (exact) mass is 285 g/mol. The first-order valence-corrected chi connectivity index (χ1v) is 5.11. The maximum Gasteiger partial charge on any atom is 0.200 e. The molecule has 3 nitrogen and oxygen atoms in total. The van der Waals surface area contributed by atoms with Crippen molar-refractivity contribution in [3.8, 4) is 6.07 Å². The Bertz CT molecular complexity index is 695. The molecule has 1 aromatic heterocycles. The Labute approximate surface area is 109 Å². The molecule has 0 saturated carbocycles. The molecule has 0 bridgehead atoms. The Morgan fingerprint density at radius 1 is 0.900 bits per heavy atom. The summed E-state index contributed by atoms with van der Waals surface area (Å²) >= 11 is 0. The van der Waals surface area contributed by atoms with Crippen LogP contribution in [-0.4, -0.2) is 4.98 Å². The van der Waals surface area contributed by atoms with Crippen molar-refractivity contribution in [3.05, 3.63) is 53.0 Å². The molecular formula is C12H4F5N3. The first-order valence-electron chi connectivity index (χ1n) is 5.11. The quantitative estimate of drug-likeness (QED) is 0.522. The van der Waals surface area contributed by atoms with Crippen molar-refractivity contribution in [2.75, 3.05) is 5.32 Å². The molecule has 102 valence electrons. The van der Waals surface area contributed by atoms with Gasteiger partial charge in [-0.1, -0.05) is 6.07 Å². The summed E-state index contributed by atoms with van der Waals surface area (Å²) in [6.07, 6.45) is 0. The van der Waals surface area contributed by atoms with Crippen LogP contribution in [0.2, 0.25) is 0 Å². The van der Waals surface area contributed by atoms with Gasteiger partial charge in [-0.3, -0.25) is 0 Å². The summed E-state index contributed by atoms with van der Waals surface area (Å²) < 4.78 is 65.6. The molecular weight excluding hydrogens is 281 g/mol. The molecule has 0 fully saturated rings. The van der Waals surface area contributed by atoms with Gasteiger partial charge >= 0.3 is 0 Å². The van der Waals surface area contributed by atoms with Crippen molar-refractivity contribution in [2.24, 2.45) is 0 Å². The van der Waals surface area contributed by atoms with Crippen molar-refractivity contribution >= 4 is 11.5 Å². The summed E-state index contributed by atoms with van der Waals surface area (Å²) in [5, 5.41) is 10.6. The topological polar surface area (TPSA) is 48.7 Å². The molecule has 0 radical (unpaired) electrons. The van der Waals surface area contributed by atoms with E-state index in [4.69, 9.17) is 5.26 Å². The zero-order valence-corrected chi connectivity index (χ0v) is 9.52. The summed E-state index contributed by atoms with van der Waals surface area (Å²) in [6.45, 7) is 0. The Morgan fingerprint density at radius 2 is 1.45 bits per heavy atom. The predicted molar refractivity (Wildman–Crippen MR) is 58.5 cm³/mol. The summed E-state index contributed by atoms with van der Waals surface area (Å²) in [4.78, 5) is 3.61. The smallest absolute Gasteiger partial charge is 0.200 e. The maximum absolute atomic E-state index is 13.4. The number of halogens is 5. The maximum atomic E-state index is 13.4. The molecule has 0 aliphatic carbocycles. The lowest BCUT2D eigenvalue weighted by atomic mass is 10.2. The van der Waals surface area contributed by atoms with Crippen molar-refractivity contribution in [1.29, 1.82) is 5.26 Å². The van der Waals surface area contributed by atoms with Crippen LogP contribution < -0.4 is 5.32 Å². The van der Waals surface area contributed by atoms with Crippen LogP contribution in [0.3, 0.4) is 0 Å². The third-order valence-corrected chi connectivity index (χ3v) is 2.33. The van der Waals surface area contributed by atoms with E-state index < -0.39 is 34.8 Å². The van der Waals surface area contributed by atoms with Crippen LogP contribution in [0.15, 0.2) is 18.2 Å². The van der Waals surface area contributed by atoms with Gasteiger partial charge < -0.3 is 5.32 Å². The van der Waals surface area contributed by atoms with Gasteiger partial charge in [-0.15, -0.1) is 0 Å². The van der Waals surface area contributed by atoms with Gasteiger partial charge in [0.05, 0.1) is 0 Å². The van der Waals surface area contributed by atoms with Gasteiger partial charge in [0.1, 0.15) is 23.3 Å². The number of nitrogens with zero attached hydrogens (tertiary/aromatic N) is 2. The van der Waals surface area contributed by atoms with Gasteiger partial charge in [-0.05, 0) is 12.1 Å². The zero-order chi connectivity index (χ0) is 14.9. The molecule has 0 amide bonds. The molecule has 0 atom stereocenters. The highest BCUT2D eigenvalue weighted by molar-refractivity contribution is 5.58. The molecule has 2 aromatic rings. The number of pyridine rings is 1. The fourth-order valence-electron chi connectivity index (χ4n) is 1.41. The minimum atomic E-state index is -2.25. The standard InChI is InChI=1S/C12H4F5N3/c13-7-8(14)10(16)12(11(17)9(7)15)20-6-3-1-2-5(4-18)19-6/h1-3H,(H,19,20). The molecule has 0 aliphatic rings. The number of benzene rings is 1. The molecule has 2 rings (SSSR count). The Morgan fingerprint density at radius 3 is 2.00 bits per heavy atom. The van der Waals surface area contributed by atoms with Crippen LogP contribution in [-0.2, 0) is 0 Å². The molecule has 1 N–H and O–H groups in total. The molecule has 0 unspecified atom stereocenters. The van der Waals surface area contributed by atoms with Crippen LogP contribution >= 0.6 is 0 Å². The Balaban J connectivity index is 2.52. The molecule has 0 spiro atoms. The van der Waals surface area contributed by atoms with E-state index in [1.807, 2.05) is 5.32 Å². The number of aromatic nitrogens is 1. The third-order valence-electron chi connectivity index (χ3n) is 2.33.